The number of hydrogen-bond acceptors (Lipinski definition) is 5. The van der Waals surface area contributed by atoms with Gasteiger partial charge in [-0.3, -0.25) is 14.5 Å². The molecule has 0 spiro atoms. The maximum absolute atomic E-state index is 13.1. The van der Waals surface area contributed by atoms with Gasteiger partial charge in [-0.05, 0) is 104 Å². The zero-order valence-corrected chi connectivity index (χ0v) is 22.5. The first-order chi connectivity index (χ1) is 18.3. The first kappa shape index (κ1) is 25.4. The molecule has 1 aliphatic rings. The summed E-state index contributed by atoms with van der Waals surface area (Å²) >= 11 is 0.990. The van der Waals surface area contributed by atoms with Crippen LogP contribution in [0.1, 0.15) is 28.1 Å². The molecule has 1 aliphatic heterocycles. The van der Waals surface area contributed by atoms with Crippen LogP contribution < -0.4 is 9.47 Å². The number of hydrogen-bond donors (Lipinski definition) is 0. The molecule has 1 aromatic heterocycles. The van der Waals surface area contributed by atoms with Gasteiger partial charge in [0.2, 0.25) is 0 Å². The number of carbonyl (C=O) groups excluding carboxylic acids is 2. The van der Waals surface area contributed by atoms with Crippen LogP contribution in [-0.2, 0) is 11.3 Å². The van der Waals surface area contributed by atoms with Crippen LogP contribution in [0.5, 0.6) is 17.2 Å². The normalized spacial score (nSPS) is 14.4. The van der Waals surface area contributed by atoms with Crippen molar-refractivity contribution in [2.75, 3.05) is 7.11 Å². The number of aryl methyl sites for hydroxylation is 2. The van der Waals surface area contributed by atoms with Gasteiger partial charge >= 0.3 is 0 Å². The summed E-state index contributed by atoms with van der Waals surface area (Å²) in [5.74, 6) is 1.97. The van der Waals surface area contributed by atoms with Crippen LogP contribution >= 0.6 is 11.8 Å². The summed E-state index contributed by atoms with van der Waals surface area (Å²) in [6.45, 7) is 6.30. The standard InChI is InChI=1S/C31H28N2O4S/c1-20-6-5-7-23(16-20)19-32-30(34)29(38-31(32)35)18-24-17-21(2)33(22(24)3)25-8-10-27(11-9-25)37-28-14-12-26(36-4)13-15-28/h5-18H,19H2,1-4H3/b29-18-. The highest BCUT2D eigenvalue weighted by molar-refractivity contribution is 8.18. The van der Waals surface area contributed by atoms with Crippen LogP contribution in [0.3, 0.4) is 0 Å². The van der Waals surface area contributed by atoms with Crippen LogP contribution in [0.2, 0.25) is 0 Å². The molecule has 0 atom stereocenters. The Morgan fingerprint density at radius 3 is 2.16 bits per heavy atom. The molecule has 7 heteroatoms. The van der Waals surface area contributed by atoms with Crippen molar-refractivity contribution in [3.63, 3.8) is 0 Å². The molecular formula is C31H28N2O4S. The number of thioether (sulfide) groups is 1. The molecule has 0 unspecified atom stereocenters. The summed E-state index contributed by atoms with van der Waals surface area (Å²) < 4.78 is 13.3. The molecule has 192 valence electrons. The van der Waals surface area contributed by atoms with Gasteiger partial charge in [0.1, 0.15) is 17.2 Å². The summed E-state index contributed by atoms with van der Waals surface area (Å²) in [6.07, 6.45) is 1.82. The Kier molecular flexibility index (Phi) is 7.11. The summed E-state index contributed by atoms with van der Waals surface area (Å²) in [6, 6.07) is 25.2. The van der Waals surface area contributed by atoms with Crippen molar-refractivity contribution in [2.24, 2.45) is 0 Å². The molecular weight excluding hydrogens is 496 g/mol. The second-order valence-corrected chi connectivity index (χ2v) is 10.2. The number of amides is 2. The third kappa shape index (κ3) is 5.24. The van der Waals surface area contributed by atoms with Gasteiger partial charge in [-0.2, -0.15) is 0 Å². The number of aromatic nitrogens is 1. The van der Waals surface area contributed by atoms with Crippen molar-refractivity contribution in [2.45, 2.75) is 27.3 Å². The smallest absolute Gasteiger partial charge is 0.293 e. The van der Waals surface area contributed by atoms with Gasteiger partial charge in [-0.25, -0.2) is 0 Å². The molecule has 0 bridgehead atoms. The van der Waals surface area contributed by atoms with E-state index < -0.39 is 0 Å². The molecule has 0 aliphatic carbocycles. The van der Waals surface area contributed by atoms with E-state index in [1.54, 1.807) is 7.11 Å². The number of imide groups is 1. The van der Waals surface area contributed by atoms with Crippen molar-refractivity contribution < 1.29 is 19.1 Å². The zero-order valence-electron chi connectivity index (χ0n) is 21.7. The Bertz CT molecular complexity index is 1540. The monoisotopic (exact) mass is 524 g/mol. The van der Waals surface area contributed by atoms with Crippen molar-refractivity contribution in [3.05, 3.63) is 112 Å². The van der Waals surface area contributed by atoms with E-state index in [-0.39, 0.29) is 17.7 Å². The van der Waals surface area contributed by atoms with Gasteiger partial charge in [-0.15, -0.1) is 0 Å². The van der Waals surface area contributed by atoms with Crippen LogP contribution in [0.4, 0.5) is 4.79 Å². The summed E-state index contributed by atoms with van der Waals surface area (Å²) in [7, 11) is 1.63. The lowest BCUT2D eigenvalue weighted by Crippen LogP contribution is -2.27. The Morgan fingerprint density at radius 1 is 0.842 bits per heavy atom. The van der Waals surface area contributed by atoms with Gasteiger partial charge in [0, 0.05) is 17.1 Å². The predicted octanol–water partition coefficient (Wildman–Crippen LogP) is 7.44. The summed E-state index contributed by atoms with van der Waals surface area (Å²) in [5.41, 5.74) is 5.92. The van der Waals surface area contributed by atoms with Gasteiger partial charge in [0.05, 0.1) is 18.6 Å². The minimum absolute atomic E-state index is 0.246. The molecule has 0 saturated carbocycles. The van der Waals surface area contributed by atoms with Crippen molar-refractivity contribution in [3.8, 4) is 22.9 Å². The SMILES string of the molecule is COc1ccc(Oc2ccc(-n3c(C)cc(/C=C4\SC(=O)N(Cc5cccc(C)c5)C4=O)c3C)cc2)cc1. The first-order valence-electron chi connectivity index (χ1n) is 12.2. The van der Waals surface area contributed by atoms with Gasteiger partial charge in [0.15, 0.2) is 0 Å². The average molecular weight is 525 g/mol. The fraction of sp³-hybridized carbons (Fsp3) is 0.161. The number of methoxy groups -OCH3 is 1. The number of rotatable bonds is 7. The van der Waals surface area contributed by atoms with E-state index in [9.17, 15) is 9.59 Å². The van der Waals surface area contributed by atoms with E-state index in [1.165, 1.54) is 4.90 Å². The lowest BCUT2D eigenvalue weighted by molar-refractivity contribution is -0.123. The predicted molar refractivity (Wildman–Crippen MR) is 151 cm³/mol. The summed E-state index contributed by atoms with van der Waals surface area (Å²) in [4.78, 5) is 27.5. The van der Waals surface area contributed by atoms with Crippen molar-refractivity contribution in [1.82, 2.24) is 9.47 Å². The third-order valence-corrected chi connectivity index (χ3v) is 7.35. The lowest BCUT2D eigenvalue weighted by Gasteiger charge is -2.12. The number of carbonyl (C=O) groups is 2. The minimum Gasteiger partial charge on any atom is -0.497 e. The Labute approximate surface area is 226 Å². The van der Waals surface area contributed by atoms with Crippen LogP contribution in [0.25, 0.3) is 11.8 Å². The second kappa shape index (κ2) is 10.6. The van der Waals surface area contributed by atoms with Gasteiger partial charge in [0.25, 0.3) is 11.1 Å². The highest BCUT2D eigenvalue weighted by Crippen LogP contribution is 2.35. The van der Waals surface area contributed by atoms with Gasteiger partial charge in [-0.1, -0.05) is 29.8 Å². The van der Waals surface area contributed by atoms with E-state index in [2.05, 4.69) is 4.57 Å². The Hall–Kier alpha value is -4.23. The Morgan fingerprint density at radius 2 is 1.50 bits per heavy atom. The molecule has 4 aromatic rings. The van der Waals surface area contributed by atoms with E-state index in [0.29, 0.717) is 4.91 Å². The fourth-order valence-corrected chi connectivity index (χ4v) is 5.37. The van der Waals surface area contributed by atoms with Crippen molar-refractivity contribution in [1.29, 1.82) is 0 Å². The number of benzene rings is 3. The van der Waals surface area contributed by atoms with E-state index >= 15 is 0 Å². The molecule has 0 radical (unpaired) electrons. The van der Waals surface area contributed by atoms with Crippen LogP contribution in [-0.4, -0.2) is 27.7 Å². The molecule has 0 N–H and O–H groups in total. The zero-order chi connectivity index (χ0) is 26.8. The van der Waals surface area contributed by atoms with Crippen LogP contribution in [0, 0.1) is 20.8 Å². The fourth-order valence-electron chi connectivity index (χ4n) is 4.54. The molecule has 1 saturated heterocycles. The highest BCUT2D eigenvalue weighted by Gasteiger charge is 2.35. The molecule has 1 fully saturated rings. The van der Waals surface area contributed by atoms with Crippen molar-refractivity contribution >= 4 is 29.0 Å². The molecule has 3 aromatic carbocycles. The second-order valence-electron chi connectivity index (χ2n) is 9.19. The molecule has 2 amide bonds. The van der Waals surface area contributed by atoms with E-state index in [4.69, 9.17) is 9.47 Å². The topological polar surface area (TPSA) is 60.8 Å². The largest absolute Gasteiger partial charge is 0.497 e. The lowest BCUT2D eigenvalue weighted by atomic mass is 10.1. The number of nitrogens with zero attached hydrogens (tertiary/aromatic N) is 2. The van der Waals surface area contributed by atoms with Crippen LogP contribution in [0.15, 0.2) is 83.8 Å². The molecule has 2 heterocycles. The first-order valence-corrected chi connectivity index (χ1v) is 13.1. The molecule has 6 nitrogen and oxygen atoms in total. The third-order valence-electron chi connectivity index (χ3n) is 6.44. The summed E-state index contributed by atoms with van der Waals surface area (Å²) in [5, 5.41) is -0.246. The Balaban J connectivity index is 1.34. The average Bonchev–Trinajstić information content (AvgIpc) is 3.33. The maximum atomic E-state index is 13.1. The molecule has 38 heavy (non-hydrogen) atoms. The minimum atomic E-state index is -0.258. The van der Waals surface area contributed by atoms with E-state index in [0.717, 1.165) is 62.8 Å². The quantitative estimate of drug-likeness (QED) is 0.235. The highest BCUT2D eigenvalue weighted by atomic mass is 32.2. The van der Waals surface area contributed by atoms with Gasteiger partial charge < -0.3 is 14.0 Å². The number of ether oxygens (including phenoxy) is 2. The van der Waals surface area contributed by atoms with E-state index in [1.807, 2.05) is 106 Å². The molecule has 5 rings (SSSR count). The maximum Gasteiger partial charge on any atom is 0.293 e.